The summed E-state index contributed by atoms with van der Waals surface area (Å²) in [5.74, 6) is -0.526. The van der Waals surface area contributed by atoms with Gasteiger partial charge in [0.25, 0.3) is 5.91 Å². The lowest BCUT2D eigenvalue weighted by Crippen LogP contribution is -2.53. The van der Waals surface area contributed by atoms with E-state index >= 15 is 0 Å². The van der Waals surface area contributed by atoms with E-state index in [1.807, 2.05) is 30.3 Å². The van der Waals surface area contributed by atoms with Gasteiger partial charge in [0, 0.05) is 49.4 Å². The number of hydrogen-bond donors (Lipinski definition) is 5. The number of nitrogens with zero attached hydrogens (tertiary/aromatic N) is 2. The standard InChI is InChI=1S/C32H38FN5O5/c1-19-16-38(17-20(2)35-19)18-23-12-22(6-11-29(23)39)21-4-3-5-27(13-21)43-31-28(14-24(33)15-34-31)30(40)36-25-7-9-26(10-8-25)37-32(41)42/h3-6,11-15,19-20,25-26,35,37,39H,7-10,16-18H2,1-2H3,(H,36,40)(H,41,42)/t19-,20+,25-,26-. The fourth-order valence-electron chi connectivity index (χ4n) is 6.04. The highest BCUT2D eigenvalue weighted by Crippen LogP contribution is 2.32. The van der Waals surface area contributed by atoms with Crippen LogP contribution < -0.4 is 20.7 Å². The van der Waals surface area contributed by atoms with Crippen molar-refractivity contribution in [3.63, 3.8) is 0 Å². The Hall–Kier alpha value is -4.22. The van der Waals surface area contributed by atoms with Crippen molar-refractivity contribution >= 4 is 12.0 Å². The molecule has 2 heterocycles. The molecule has 2 aliphatic rings. The van der Waals surface area contributed by atoms with Gasteiger partial charge in [-0.05, 0) is 81.0 Å². The molecule has 5 N–H and O–H groups in total. The van der Waals surface area contributed by atoms with Crippen molar-refractivity contribution in [2.75, 3.05) is 13.1 Å². The average Bonchev–Trinajstić information content (AvgIpc) is 2.95. The van der Waals surface area contributed by atoms with Crippen molar-refractivity contribution in [3.05, 3.63) is 71.7 Å². The number of pyridine rings is 1. The van der Waals surface area contributed by atoms with Crippen LogP contribution in [0.5, 0.6) is 17.4 Å². The van der Waals surface area contributed by atoms with Gasteiger partial charge in [-0.3, -0.25) is 9.69 Å². The predicted octanol–water partition coefficient (Wildman–Crippen LogP) is 4.88. The van der Waals surface area contributed by atoms with Gasteiger partial charge < -0.3 is 30.9 Å². The van der Waals surface area contributed by atoms with Crippen LogP contribution in [0.1, 0.15) is 55.5 Å². The lowest BCUT2D eigenvalue weighted by Gasteiger charge is -2.36. The number of aromatic hydroxyl groups is 1. The fourth-order valence-corrected chi connectivity index (χ4v) is 6.04. The molecule has 1 aliphatic carbocycles. The van der Waals surface area contributed by atoms with Crippen molar-refractivity contribution in [3.8, 4) is 28.5 Å². The van der Waals surface area contributed by atoms with Crippen LogP contribution in [-0.4, -0.2) is 69.4 Å². The quantitative estimate of drug-likeness (QED) is 0.250. The average molecular weight is 592 g/mol. The Morgan fingerprint density at radius 2 is 1.67 bits per heavy atom. The summed E-state index contributed by atoms with van der Waals surface area (Å²) in [6.07, 6.45) is 2.33. The molecule has 10 nitrogen and oxygen atoms in total. The minimum absolute atomic E-state index is 0.0226. The summed E-state index contributed by atoms with van der Waals surface area (Å²) >= 11 is 0. The van der Waals surface area contributed by atoms with Gasteiger partial charge in [0.05, 0.1) is 6.20 Å². The molecule has 1 aliphatic heterocycles. The maximum atomic E-state index is 14.2. The zero-order valence-corrected chi connectivity index (χ0v) is 24.3. The number of aromatic nitrogens is 1. The molecule has 0 radical (unpaired) electrons. The van der Waals surface area contributed by atoms with Crippen LogP contribution in [0.4, 0.5) is 9.18 Å². The number of halogens is 1. The maximum absolute atomic E-state index is 14.2. The summed E-state index contributed by atoms with van der Waals surface area (Å²) < 4.78 is 20.2. The van der Waals surface area contributed by atoms with Crippen LogP contribution in [0.15, 0.2) is 54.7 Å². The predicted molar refractivity (Wildman–Crippen MR) is 160 cm³/mol. The monoisotopic (exact) mass is 591 g/mol. The molecule has 43 heavy (non-hydrogen) atoms. The number of phenols is 1. The molecular formula is C32H38FN5O5. The summed E-state index contributed by atoms with van der Waals surface area (Å²) in [6.45, 7) is 6.72. The number of amides is 2. The molecule has 5 rings (SSSR count). The van der Waals surface area contributed by atoms with Crippen molar-refractivity contribution < 1.29 is 28.9 Å². The van der Waals surface area contributed by atoms with E-state index in [1.54, 1.807) is 12.1 Å². The smallest absolute Gasteiger partial charge is 0.404 e. The van der Waals surface area contributed by atoms with Crippen LogP contribution >= 0.6 is 0 Å². The van der Waals surface area contributed by atoms with Gasteiger partial charge in [-0.25, -0.2) is 14.2 Å². The molecule has 1 saturated heterocycles. The second-order valence-corrected chi connectivity index (χ2v) is 11.6. The Kier molecular flexibility index (Phi) is 9.42. The zero-order valence-electron chi connectivity index (χ0n) is 24.3. The van der Waals surface area contributed by atoms with Crippen molar-refractivity contribution in [1.29, 1.82) is 0 Å². The highest BCUT2D eigenvalue weighted by molar-refractivity contribution is 5.96. The third-order valence-electron chi connectivity index (χ3n) is 7.94. The highest BCUT2D eigenvalue weighted by Gasteiger charge is 2.26. The lowest BCUT2D eigenvalue weighted by atomic mass is 9.91. The van der Waals surface area contributed by atoms with Gasteiger partial charge >= 0.3 is 6.09 Å². The number of benzene rings is 2. The Bertz CT molecular complexity index is 1450. The van der Waals surface area contributed by atoms with Crippen LogP contribution in [0.25, 0.3) is 11.1 Å². The van der Waals surface area contributed by atoms with Gasteiger partial charge in [-0.15, -0.1) is 0 Å². The molecule has 228 valence electrons. The second-order valence-electron chi connectivity index (χ2n) is 11.6. The van der Waals surface area contributed by atoms with E-state index in [9.17, 15) is 19.1 Å². The third kappa shape index (κ3) is 7.99. The zero-order chi connectivity index (χ0) is 30.5. The molecule has 1 aromatic heterocycles. The minimum Gasteiger partial charge on any atom is -0.508 e. The van der Waals surface area contributed by atoms with Crippen LogP contribution in [0, 0.1) is 5.82 Å². The highest BCUT2D eigenvalue weighted by atomic mass is 19.1. The topological polar surface area (TPSA) is 136 Å². The first-order chi connectivity index (χ1) is 20.6. The molecule has 11 heteroatoms. The third-order valence-corrected chi connectivity index (χ3v) is 7.94. The number of rotatable bonds is 8. The minimum atomic E-state index is -1.06. The molecule has 3 aromatic rings. The normalized spacial score (nSPS) is 22.5. The SMILES string of the molecule is C[C@@H]1CN(Cc2cc(-c3cccc(Oc4ncc(F)cc4C(=O)N[C@H]4CC[C@H](NC(=O)O)CC4)c3)ccc2O)C[C@H](C)N1. The van der Waals surface area contributed by atoms with Gasteiger partial charge in [-0.1, -0.05) is 18.2 Å². The molecule has 0 spiro atoms. The summed E-state index contributed by atoms with van der Waals surface area (Å²) in [6, 6.07) is 14.3. The van der Waals surface area contributed by atoms with E-state index in [0.29, 0.717) is 50.1 Å². The van der Waals surface area contributed by atoms with Crippen molar-refractivity contribution in [1.82, 2.24) is 25.8 Å². The van der Waals surface area contributed by atoms with E-state index in [1.165, 1.54) is 0 Å². The number of ether oxygens (including phenoxy) is 1. The molecule has 0 bridgehead atoms. The first-order valence-corrected chi connectivity index (χ1v) is 14.7. The number of phenolic OH excluding ortho intramolecular Hbond substituents is 1. The summed E-state index contributed by atoms with van der Waals surface area (Å²) in [7, 11) is 0. The summed E-state index contributed by atoms with van der Waals surface area (Å²) in [4.78, 5) is 30.5. The van der Waals surface area contributed by atoms with Gasteiger partial charge in [0.15, 0.2) is 0 Å². The van der Waals surface area contributed by atoms with Gasteiger partial charge in [0.2, 0.25) is 5.88 Å². The second kappa shape index (κ2) is 13.4. The maximum Gasteiger partial charge on any atom is 0.404 e. The van der Waals surface area contributed by atoms with E-state index in [-0.39, 0.29) is 29.3 Å². The number of carbonyl (C=O) groups is 2. The van der Waals surface area contributed by atoms with E-state index < -0.39 is 17.8 Å². The van der Waals surface area contributed by atoms with Crippen molar-refractivity contribution in [2.24, 2.45) is 0 Å². The number of hydrogen-bond acceptors (Lipinski definition) is 7. The Morgan fingerprint density at radius 3 is 2.37 bits per heavy atom. The molecule has 2 atom stereocenters. The molecule has 1 saturated carbocycles. The molecule has 2 aromatic carbocycles. The summed E-state index contributed by atoms with van der Waals surface area (Å²) in [5.41, 5.74) is 2.55. The molecule has 0 unspecified atom stereocenters. The lowest BCUT2D eigenvalue weighted by molar-refractivity contribution is 0.0919. The molecule has 2 amide bonds. The van der Waals surface area contributed by atoms with Crippen LogP contribution in [0.2, 0.25) is 0 Å². The molecule has 2 fully saturated rings. The van der Waals surface area contributed by atoms with E-state index in [2.05, 4.69) is 39.7 Å². The number of nitrogens with one attached hydrogen (secondary N) is 3. The number of piperazine rings is 1. The van der Waals surface area contributed by atoms with Crippen LogP contribution in [-0.2, 0) is 6.54 Å². The Morgan fingerprint density at radius 1 is 1.00 bits per heavy atom. The fraction of sp³-hybridized carbons (Fsp3) is 0.406. The first-order valence-electron chi connectivity index (χ1n) is 14.7. The van der Waals surface area contributed by atoms with Gasteiger partial charge in [-0.2, -0.15) is 0 Å². The van der Waals surface area contributed by atoms with E-state index in [0.717, 1.165) is 42.0 Å². The van der Waals surface area contributed by atoms with Gasteiger partial charge in [0.1, 0.15) is 22.9 Å². The van der Waals surface area contributed by atoms with E-state index in [4.69, 9.17) is 9.84 Å². The Balaban J connectivity index is 1.29. The Labute approximate surface area is 250 Å². The number of carboxylic acid groups (broad SMARTS) is 1. The van der Waals surface area contributed by atoms with Crippen molar-refractivity contribution in [2.45, 2.75) is 70.2 Å². The largest absolute Gasteiger partial charge is 0.508 e. The number of carbonyl (C=O) groups excluding carboxylic acids is 1. The molecular weight excluding hydrogens is 553 g/mol. The van der Waals surface area contributed by atoms with Crippen LogP contribution in [0.3, 0.4) is 0 Å². The summed E-state index contributed by atoms with van der Waals surface area (Å²) in [5, 5.41) is 28.5. The first kappa shape index (κ1) is 30.2.